The van der Waals surface area contributed by atoms with Gasteiger partial charge in [-0.15, -0.1) is 0 Å². The van der Waals surface area contributed by atoms with Crippen LogP contribution in [-0.4, -0.2) is 23.9 Å². The Morgan fingerprint density at radius 1 is 0.535 bits per heavy atom. The molecule has 0 saturated heterocycles. The summed E-state index contributed by atoms with van der Waals surface area (Å²) in [5.41, 5.74) is 7.80. The number of para-hydroxylation sites is 1. The van der Waals surface area contributed by atoms with Crippen molar-refractivity contribution in [3.63, 3.8) is 0 Å². The fourth-order valence-corrected chi connectivity index (χ4v) is 6.16. The van der Waals surface area contributed by atoms with Gasteiger partial charge in [-0.2, -0.15) is 0 Å². The van der Waals surface area contributed by atoms with Gasteiger partial charge in [0.05, 0.1) is 27.9 Å². The number of benzene rings is 4. The Labute approximate surface area is 246 Å². The largest absolute Gasteiger partial charge is 0.457 e. The smallest absolute Gasteiger partial charge is 0.146 e. The molecule has 0 aliphatic rings. The Kier molecular flexibility index (Phi) is 5.10. The van der Waals surface area contributed by atoms with Crippen LogP contribution in [0.3, 0.4) is 0 Å². The molecule has 9 rings (SSSR count). The van der Waals surface area contributed by atoms with Crippen LogP contribution in [0.15, 0.2) is 140 Å². The van der Waals surface area contributed by atoms with Crippen molar-refractivity contribution in [2.24, 2.45) is 0 Å². The number of aromatic nitrogens is 5. The summed E-state index contributed by atoms with van der Waals surface area (Å²) in [6, 6.07) is 41.1. The average molecular weight is 554 g/mol. The van der Waals surface area contributed by atoms with E-state index in [1.54, 1.807) is 0 Å². The Bertz CT molecular complexity index is 2440. The summed E-state index contributed by atoms with van der Waals surface area (Å²) in [6.45, 7) is 0. The predicted molar refractivity (Wildman–Crippen MR) is 172 cm³/mol. The first-order chi connectivity index (χ1) is 21.3. The minimum absolute atomic E-state index is 0.728. The number of hydrogen-bond donors (Lipinski definition) is 0. The first kappa shape index (κ1) is 23.7. The molecule has 0 atom stereocenters. The monoisotopic (exact) mass is 553 g/mol. The molecular formula is C37H23N5O. The second-order valence-corrected chi connectivity index (χ2v) is 10.6. The zero-order valence-electron chi connectivity index (χ0n) is 22.9. The molecule has 0 radical (unpaired) electrons. The molecule has 0 bridgehead atoms. The van der Waals surface area contributed by atoms with Gasteiger partial charge in [0.25, 0.3) is 0 Å². The molecule has 0 unspecified atom stereocenters. The fourth-order valence-electron chi connectivity index (χ4n) is 6.16. The predicted octanol–water partition coefficient (Wildman–Crippen LogP) is 8.99. The van der Waals surface area contributed by atoms with Crippen molar-refractivity contribution in [2.75, 3.05) is 0 Å². The second kappa shape index (κ2) is 9.26. The Morgan fingerprint density at radius 3 is 2.28 bits per heavy atom. The van der Waals surface area contributed by atoms with Gasteiger partial charge in [0.1, 0.15) is 22.8 Å². The molecule has 0 amide bonds. The molecule has 0 aliphatic carbocycles. The van der Waals surface area contributed by atoms with Crippen molar-refractivity contribution in [2.45, 2.75) is 0 Å². The van der Waals surface area contributed by atoms with Crippen molar-refractivity contribution in [1.29, 1.82) is 0 Å². The van der Waals surface area contributed by atoms with Crippen LogP contribution in [-0.2, 0) is 0 Å². The normalized spacial score (nSPS) is 11.7. The van der Waals surface area contributed by atoms with Gasteiger partial charge in [0, 0.05) is 51.8 Å². The number of nitrogens with zero attached hydrogens (tertiary/aromatic N) is 5. The minimum Gasteiger partial charge on any atom is -0.457 e. The third-order valence-corrected chi connectivity index (χ3v) is 8.05. The van der Waals surface area contributed by atoms with Crippen molar-refractivity contribution >= 4 is 49.4 Å². The van der Waals surface area contributed by atoms with Crippen LogP contribution in [0.4, 0.5) is 0 Å². The van der Waals surface area contributed by atoms with E-state index in [2.05, 4.69) is 88.0 Å². The van der Waals surface area contributed by atoms with Gasteiger partial charge in [0.15, 0.2) is 0 Å². The van der Waals surface area contributed by atoms with E-state index in [4.69, 9.17) is 19.7 Å². The molecule has 0 spiro atoms. The highest BCUT2D eigenvalue weighted by Crippen LogP contribution is 2.36. The number of pyridine rings is 3. The van der Waals surface area contributed by atoms with Gasteiger partial charge >= 0.3 is 0 Å². The van der Waals surface area contributed by atoms with Gasteiger partial charge in [-0.05, 0) is 60.7 Å². The zero-order chi connectivity index (χ0) is 28.3. The molecule has 0 aliphatic heterocycles. The Morgan fingerprint density at radius 2 is 1.33 bits per heavy atom. The molecule has 4 aromatic carbocycles. The summed E-state index contributed by atoms with van der Waals surface area (Å²) in [7, 11) is 0. The summed E-state index contributed by atoms with van der Waals surface area (Å²) < 4.78 is 10.8. The average Bonchev–Trinajstić information content (AvgIpc) is 3.66. The van der Waals surface area contributed by atoms with Crippen LogP contribution in [0.2, 0.25) is 0 Å². The number of hydrogen-bond acceptors (Lipinski definition) is 4. The standard InChI is InChI=1S/C37H23N5O/c1-2-9-24(10-3-1)32-23-41-34-16-8-19-38-35(34)29-18-17-27(22-31(29)37(41)40-32)43-26-12-6-11-25(21-26)42-33-15-5-4-13-28(33)30-14-7-20-39-36(30)42/h1-23H. The maximum atomic E-state index is 6.51. The van der Waals surface area contributed by atoms with Crippen LogP contribution in [0.25, 0.3) is 66.3 Å². The van der Waals surface area contributed by atoms with Crippen molar-refractivity contribution in [1.82, 2.24) is 23.9 Å². The van der Waals surface area contributed by atoms with E-state index >= 15 is 0 Å². The summed E-state index contributed by atoms with van der Waals surface area (Å²) in [6.07, 6.45) is 5.76. The van der Waals surface area contributed by atoms with Crippen molar-refractivity contribution in [3.8, 4) is 28.4 Å². The van der Waals surface area contributed by atoms with E-state index in [9.17, 15) is 0 Å². The molecule has 0 N–H and O–H groups in total. The highest BCUT2D eigenvalue weighted by atomic mass is 16.5. The van der Waals surface area contributed by atoms with Crippen molar-refractivity contribution in [3.05, 3.63) is 140 Å². The SMILES string of the molecule is c1ccc(-c2cn3c4cccnc4c4ccc(Oc5cccc(-n6c7ccccc7c7cccnc76)c5)cc4c3n2)cc1. The van der Waals surface area contributed by atoms with Crippen LogP contribution in [0.5, 0.6) is 11.5 Å². The van der Waals surface area contributed by atoms with Gasteiger partial charge < -0.3 is 4.74 Å². The zero-order valence-corrected chi connectivity index (χ0v) is 22.9. The van der Waals surface area contributed by atoms with Gasteiger partial charge in [-0.3, -0.25) is 14.0 Å². The van der Waals surface area contributed by atoms with Crippen LogP contribution in [0.1, 0.15) is 0 Å². The first-order valence-electron chi connectivity index (χ1n) is 14.2. The molecule has 0 saturated carbocycles. The summed E-state index contributed by atoms with van der Waals surface area (Å²) in [5.74, 6) is 1.47. The van der Waals surface area contributed by atoms with E-state index in [-0.39, 0.29) is 0 Å². The Balaban J connectivity index is 1.18. The van der Waals surface area contributed by atoms with Gasteiger partial charge in [-0.25, -0.2) is 9.97 Å². The molecule has 5 aromatic heterocycles. The molecule has 9 aromatic rings. The van der Waals surface area contributed by atoms with E-state index in [0.717, 1.165) is 72.4 Å². The van der Waals surface area contributed by atoms with Crippen LogP contribution >= 0.6 is 0 Å². The molecular weight excluding hydrogens is 530 g/mol. The summed E-state index contributed by atoms with van der Waals surface area (Å²) in [4.78, 5) is 14.6. The molecule has 0 fully saturated rings. The number of fused-ring (bicyclic) bond motifs is 9. The van der Waals surface area contributed by atoms with E-state index in [1.807, 2.05) is 60.9 Å². The minimum atomic E-state index is 0.728. The van der Waals surface area contributed by atoms with E-state index in [0.29, 0.717) is 0 Å². The number of rotatable bonds is 4. The number of ether oxygens (including phenoxy) is 1. The molecule has 43 heavy (non-hydrogen) atoms. The van der Waals surface area contributed by atoms with Crippen LogP contribution in [0, 0.1) is 0 Å². The Hall–Kier alpha value is -6.01. The van der Waals surface area contributed by atoms with Gasteiger partial charge in [0.2, 0.25) is 0 Å². The third kappa shape index (κ3) is 3.70. The number of imidazole rings is 1. The highest BCUT2D eigenvalue weighted by molar-refractivity contribution is 6.11. The quantitative estimate of drug-likeness (QED) is 0.204. The maximum Gasteiger partial charge on any atom is 0.146 e. The third-order valence-electron chi connectivity index (χ3n) is 8.05. The molecule has 5 heterocycles. The lowest BCUT2D eigenvalue weighted by atomic mass is 10.1. The highest BCUT2D eigenvalue weighted by Gasteiger charge is 2.16. The second-order valence-electron chi connectivity index (χ2n) is 10.6. The lowest BCUT2D eigenvalue weighted by Crippen LogP contribution is -1.96. The maximum absolute atomic E-state index is 6.51. The summed E-state index contributed by atoms with van der Waals surface area (Å²) in [5, 5.41) is 4.31. The first-order valence-corrected chi connectivity index (χ1v) is 14.2. The molecule has 6 heteroatoms. The lowest BCUT2D eigenvalue weighted by Gasteiger charge is -2.12. The van der Waals surface area contributed by atoms with Crippen molar-refractivity contribution < 1.29 is 4.74 Å². The fraction of sp³-hybridized carbons (Fsp3) is 0. The lowest BCUT2D eigenvalue weighted by molar-refractivity contribution is 0.483. The van der Waals surface area contributed by atoms with Crippen LogP contribution < -0.4 is 4.74 Å². The van der Waals surface area contributed by atoms with E-state index in [1.165, 1.54) is 5.39 Å². The summed E-state index contributed by atoms with van der Waals surface area (Å²) >= 11 is 0. The molecule has 6 nitrogen and oxygen atoms in total. The topological polar surface area (TPSA) is 57.2 Å². The van der Waals surface area contributed by atoms with E-state index < -0.39 is 0 Å². The molecule has 202 valence electrons. The van der Waals surface area contributed by atoms with Gasteiger partial charge in [-0.1, -0.05) is 54.6 Å².